The summed E-state index contributed by atoms with van der Waals surface area (Å²) in [7, 11) is -2.56. The van der Waals surface area contributed by atoms with Crippen LogP contribution in [0, 0.1) is 3.57 Å². The predicted octanol–water partition coefficient (Wildman–Crippen LogP) is 2.12. The topological polar surface area (TPSA) is 102 Å². The van der Waals surface area contributed by atoms with Crippen LogP contribution in [0.4, 0.5) is 4.79 Å². The largest absolute Gasteiger partial charge is 0.467 e. The molecule has 150 valence electrons. The summed E-state index contributed by atoms with van der Waals surface area (Å²) in [5.41, 5.74) is -0.740. The van der Waals surface area contributed by atoms with E-state index in [0.717, 1.165) is 3.57 Å². The second-order valence-corrected chi connectivity index (χ2v) is 10.1. The van der Waals surface area contributed by atoms with E-state index in [1.165, 1.54) is 24.1 Å². The number of carbonyl (C=O) groups excluding carboxylic acids is 2. The Kier molecular flexibility index (Phi) is 6.74. The van der Waals surface area contributed by atoms with E-state index in [0.29, 0.717) is 0 Å². The molecule has 1 heterocycles. The minimum Gasteiger partial charge on any atom is -0.467 e. The van der Waals surface area contributed by atoms with E-state index in [-0.39, 0.29) is 17.9 Å². The number of methoxy groups -OCH3 is 1. The number of rotatable bonds is 4. The molecule has 1 aromatic carbocycles. The molecule has 2 atom stereocenters. The minimum atomic E-state index is -3.78. The first-order chi connectivity index (χ1) is 12.4. The van der Waals surface area contributed by atoms with Crippen molar-refractivity contribution < 1.29 is 27.5 Å². The summed E-state index contributed by atoms with van der Waals surface area (Å²) >= 11 is 2.08. The van der Waals surface area contributed by atoms with Gasteiger partial charge in [0.15, 0.2) is 0 Å². The number of halogens is 1. The highest BCUT2D eigenvalue weighted by Gasteiger charge is 2.43. The average molecular weight is 510 g/mol. The van der Waals surface area contributed by atoms with Gasteiger partial charge < -0.3 is 9.47 Å². The Labute approximate surface area is 172 Å². The van der Waals surface area contributed by atoms with Gasteiger partial charge in [0.1, 0.15) is 11.6 Å². The molecular formula is C17H23IN2O6S. The Morgan fingerprint density at radius 2 is 1.81 bits per heavy atom. The van der Waals surface area contributed by atoms with E-state index in [2.05, 4.69) is 27.3 Å². The van der Waals surface area contributed by atoms with Crippen LogP contribution >= 0.6 is 22.6 Å². The molecule has 1 fully saturated rings. The molecule has 2 unspecified atom stereocenters. The number of benzene rings is 1. The van der Waals surface area contributed by atoms with Crippen molar-refractivity contribution in [3.63, 3.8) is 0 Å². The zero-order valence-electron chi connectivity index (χ0n) is 15.6. The molecule has 1 aliphatic rings. The van der Waals surface area contributed by atoms with Gasteiger partial charge in [0.2, 0.25) is 10.0 Å². The lowest BCUT2D eigenvalue weighted by Crippen LogP contribution is -2.44. The van der Waals surface area contributed by atoms with Gasteiger partial charge in [0.05, 0.1) is 12.0 Å². The Morgan fingerprint density at radius 3 is 2.33 bits per heavy atom. The van der Waals surface area contributed by atoms with E-state index in [1.807, 2.05) is 0 Å². The first-order valence-electron chi connectivity index (χ1n) is 8.28. The van der Waals surface area contributed by atoms with Crippen molar-refractivity contribution in [2.75, 3.05) is 13.7 Å². The van der Waals surface area contributed by atoms with Crippen LogP contribution in [0.15, 0.2) is 29.2 Å². The Morgan fingerprint density at radius 1 is 1.22 bits per heavy atom. The zero-order valence-corrected chi connectivity index (χ0v) is 18.5. The summed E-state index contributed by atoms with van der Waals surface area (Å²) in [5.74, 6) is -0.614. The van der Waals surface area contributed by atoms with E-state index < -0.39 is 39.8 Å². The monoisotopic (exact) mass is 510 g/mol. The van der Waals surface area contributed by atoms with E-state index in [4.69, 9.17) is 9.47 Å². The van der Waals surface area contributed by atoms with Gasteiger partial charge in [-0.15, -0.1) is 0 Å². The number of sulfonamides is 1. The van der Waals surface area contributed by atoms with Crippen LogP contribution in [0.1, 0.15) is 27.2 Å². The van der Waals surface area contributed by atoms with Crippen LogP contribution in [0.3, 0.4) is 0 Å². The van der Waals surface area contributed by atoms with Crippen molar-refractivity contribution in [2.24, 2.45) is 0 Å². The number of hydrogen-bond acceptors (Lipinski definition) is 6. The predicted molar refractivity (Wildman–Crippen MR) is 107 cm³/mol. The molecule has 27 heavy (non-hydrogen) atoms. The van der Waals surface area contributed by atoms with Crippen LogP contribution in [0.2, 0.25) is 0 Å². The van der Waals surface area contributed by atoms with Crippen molar-refractivity contribution in [3.8, 4) is 0 Å². The Balaban J connectivity index is 2.18. The second kappa shape index (κ2) is 8.31. The molecule has 1 aromatic rings. The molecule has 1 aliphatic heterocycles. The number of esters is 1. The number of nitrogens with one attached hydrogen (secondary N) is 1. The third-order valence-electron chi connectivity index (χ3n) is 3.85. The first-order valence-corrected chi connectivity index (χ1v) is 10.8. The number of carbonyl (C=O) groups is 2. The number of likely N-dealkylation sites (tertiary alicyclic amines) is 1. The maximum absolute atomic E-state index is 12.6. The molecule has 8 nitrogen and oxygen atoms in total. The fraction of sp³-hybridized carbons (Fsp3) is 0.529. The summed E-state index contributed by atoms with van der Waals surface area (Å²) in [4.78, 5) is 25.8. The van der Waals surface area contributed by atoms with Gasteiger partial charge in [-0.25, -0.2) is 22.7 Å². The van der Waals surface area contributed by atoms with Gasteiger partial charge in [0.25, 0.3) is 0 Å². The maximum Gasteiger partial charge on any atom is 0.411 e. The highest BCUT2D eigenvalue weighted by molar-refractivity contribution is 14.1. The Hall–Kier alpha value is -1.40. The van der Waals surface area contributed by atoms with Gasteiger partial charge >= 0.3 is 12.1 Å². The van der Waals surface area contributed by atoms with E-state index in [9.17, 15) is 18.0 Å². The lowest BCUT2D eigenvalue weighted by Gasteiger charge is -2.27. The molecule has 0 aliphatic carbocycles. The normalized spacial score (nSPS) is 20.4. The zero-order chi connectivity index (χ0) is 20.4. The minimum absolute atomic E-state index is 0.0122. The first kappa shape index (κ1) is 21.9. The SMILES string of the molecule is COC(=O)C1CC(NS(=O)(=O)c2ccc(I)cc2)CN1C(=O)OC(C)(C)C. The molecule has 1 saturated heterocycles. The molecule has 0 saturated carbocycles. The summed E-state index contributed by atoms with van der Waals surface area (Å²) in [5, 5.41) is 0. The lowest BCUT2D eigenvalue weighted by atomic mass is 10.2. The fourth-order valence-corrected chi connectivity index (χ4v) is 4.30. The van der Waals surface area contributed by atoms with Crippen molar-refractivity contribution in [1.29, 1.82) is 0 Å². The van der Waals surface area contributed by atoms with Crippen LogP contribution in [-0.4, -0.2) is 56.7 Å². The van der Waals surface area contributed by atoms with Crippen LogP contribution < -0.4 is 4.72 Å². The molecule has 0 bridgehead atoms. The highest BCUT2D eigenvalue weighted by Crippen LogP contribution is 2.24. The Bertz CT molecular complexity index is 804. The summed E-state index contributed by atoms with van der Waals surface area (Å²) in [6.45, 7) is 5.15. The third kappa shape index (κ3) is 5.79. The van der Waals surface area contributed by atoms with Crippen molar-refractivity contribution in [3.05, 3.63) is 27.8 Å². The average Bonchev–Trinajstić information content (AvgIpc) is 2.96. The standard InChI is InChI=1S/C17H23IN2O6S/c1-17(2,3)26-16(22)20-10-12(9-14(20)15(21)25-4)19-27(23,24)13-7-5-11(18)6-8-13/h5-8,12,14,19H,9-10H2,1-4H3. The van der Waals surface area contributed by atoms with Crippen LogP contribution in [0.5, 0.6) is 0 Å². The van der Waals surface area contributed by atoms with Gasteiger partial charge in [-0.05, 0) is 74.0 Å². The van der Waals surface area contributed by atoms with Gasteiger partial charge in [-0.1, -0.05) is 0 Å². The summed E-state index contributed by atoms with van der Waals surface area (Å²) in [6.07, 6.45) is -0.580. The maximum atomic E-state index is 12.6. The summed E-state index contributed by atoms with van der Waals surface area (Å²) in [6, 6.07) is 4.84. The molecule has 2 rings (SSSR count). The van der Waals surface area contributed by atoms with Crippen molar-refractivity contribution >= 4 is 44.7 Å². The van der Waals surface area contributed by atoms with Crippen molar-refractivity contribution in [2.45, 2.75) is 49.8 Å². The smallest absolute Gasteiger partial charge is 0.411 e. The van der Waals surface area contributed by atoms with E-state index >= 15 is 0 Å². The van der Waals surface area contributed by atoms with Crippen LogP contribution in [-0.2, 0) is 24.3 Å². The third-order valence-corrected chi connectivity index (χ3v) is 6.10. The molecule has 1 N–H and O–H groups in total. The molecule has 1 amide bonds. The van der Waals surface area contributed by atoms with Crippen LogP contribution in [0.25, 0.3) is 0 Å². The molecular weight excluding hydrogens is 487 g/mol. The molecule has 0 spiro atoms. The molecule has 0 aromatic heterocycles. The van der Waals surface area contributed by atoms with Gasteiger partial charge in [0, 0.05) is 16.2 Å². The molecule has 0 radical (unpaired) electrons. The molecule has 10 heteroatoms. The number of amides is 1. The number of nitrogens with zero attached hydrogens (tertiary/aromatic N) is 1. The van der Waals surface area contributed by atoms with E-state index in [1.54, 1.807) is 32.9 Å². The van der Waals surface area contributed by atoms with Gasteiger partial charge in [-0.2, -0.15) is 0 Å². The van der Waals surface area contributed by atoms with Crippen molar-refractivity contribution in [1.82, 2.24) is 9.62 Å². The number of ether oxygens (including phenoxy) is 2. The fourth-order valence-electron chi connectivity index (χ4n) is 2.70. The lowest BCUT2D eigenvalue weighted by molar-refractivity contribution is -0.145. The quantitative estimate of drug-likeness (QED) is 0.492. The second-order valence-electron chi connectivity index (χ2n) is 7.18. The highest BCUT2D eigenvalue weighted by atomic mass is 127. The van der Waals surface area contributed by atoms with Gasteiger partial charge in [-0.3, -0.25) is 4.90 Å². The summed E-state index contributed by atoms with van der Waals surface area (Å²) < 4.78 is 38.7. The number of hydrogen-bond donors (Lipinski definition) is 1.